The Balaban J connectivity index is 1.92. The lowest BCUT2D eigenvalue weighted by molar-refractivity contribution is -0.0390. The van der Waals surface area contributed by atoms with Gasteiger partial charge < -0.3 is 4.74 Å². The van der Waals surface area contributed by atoms with E-state index in [4.69, 9.17) is 9.72 Å². The van der Waals surface area contributed by atoms with Gasteiger partial charge in [0.05, 0.1) is 5.69 Å². The van der Waals surface area contributed by atoms with Gasteiger partial charge in [-0.3, -0.25) is 0 Å². The highest BCUT2D eigenvalue weighted by atomic mass is 32.1. The van der Waals surface area contributed by atoms with Crippen LogP contribution in [0.3, 0.4) is 0 Å². The van der Waals surface area contributed by atoms with Crippen molar-refractivity contribution in [2.75, 3.05) is 6.61 Å². The minimum atomic E-state index is -0.105. The normalized spacial score (nSPS) is 17.7. The number of thiazole rings is 1. The lowest BCUT2D eigenvalue weighted by Crippen LogP contribution is -2.25. The van der Waals surface area contributed by atoms with E-state index in [1.165, 1.54) is 18.4 Å². The van der Waals surface area contributed by atoms with E-state index in [2.05, 4.69) is 36.6 Å². The molecule has 0 radical (unpaired) electrons. The highest BCUT2D eigenvalue weighted by Crippen LogP contribution is 2.44. The molecule has 1 saturated carbocycles. The largest absolute Gasteiger partial charge is 0.368 e. The smallest absolute Gasteiger partial charge is 0.125 e. The van der Waals surface area contributed by atoms with Crippen LogP contribution in [0, 0.1) is 0 Å². The van der Waals surface area contributed by atoms with Crippen molar-refractivity contribution in [2.45, 2.75) is 38.2 Å². The van der Waals surface area contributed by atoms with Crippen molar-refractivity contribution >= 4 is 11.3 Å². The third-order valence-electron chi connectivity index (χ3n) is 3.80. The Morgan fingerprint density at radius 3 is 2.63 bits per heavy atom. The monoisotopic (exact) mass is 273 g/mol. The van der Waals surface area contributed by atoms with E-state index >= 15 is 0 Å². The Kier molecular flexibility index (Phi) is 3.67. The molecule has 100 valence electrons. The predicted molar refractivity (Wildman–Crippen MR) is 79.3 cm³/mol. The minimum Gasteiger partial charge on any atom is -0.368 e. The molecule has 2 nitrogen and oxygen atoms in total. The van der Waals surface area contributed by atoms with E-state index in [1.807, 2.05) is 6.07 Å². The average Bonchev–Trinajstić information content (AvgIpc) is 3.09. The molecular weight excluding hydrogens is 254 g/mol. The first-order valence-corrected chi connectivity index (χ1v) is 7.87. The van der Waals surface area contributed by atoms with Crippen LogP contribution in [0.1, 0.15) is 37.6 Å². The molecule has 1 heterocycles. The number of nitrogens with zero attached hydrogens (tertiary/aromatic N) is 1. The van der Waals surface area contributed by atoms with Gasteiger partial charge in [-0.15, -0.1) is 11.3 Å². The molecular formula is C16H19NOS. The minimum absolute atomic E-state index is 0.105. The van der Waals surface area contributed by atoms with Crippen molar-refractivity contribution in [1.82, 2.24) is 4.98 Å². The van der Waals surface area contributed by atoms with E-state index in [1.54, 1.807) is 11.3 Å². The van der Waals surface area contributed by atoms with Crippen molar-refractivity contribution in [3.63, 3.8) is 0 Å². The van der Waals surface area contributed by atoms with E-state index in [-0.39, 0.29) is 5.60 Å². The lowest BCUT2D eigenvalue weighted by Gasteiger charge is -2.26. The summed E-state index contributed by atoms with van der Waals surface area (Å²) >= 11 is 1.74. The molecule has 1 fully saturated rings. The summed E-state index contributed by atoms with van der Waals surface area (Å²) in [7, 11) is 0. The molecule has 0 amide bonds. The highest BCUT2D eigenvalue weighted by Gasteiger charge is 2.39. The SMILES string of the molecule is CCOC1(c2nc(-c3ccccc3)cs2)CCCC1. The summed E-state index contributed by atoms with van der Waals surface area (Å²) in [6, 6.07) is 10.4. The van der Waals surface area contributed by atoms with Gasteiger partial charge in [-0.25, -0.2) is 4.98 Å². The van der Waals surface area contributed by atoms with Crippen molar-refractivity contribution < 1.29 is 4.74 Å². The van der Waals surface area contributed by atoms with Crippen molar-refractivity contribution in [3.05, 3.63) is 40.7 Å². The maximum Gasteiger partial charge on any atom is 0.125 e. The molecule has 2 aromatic rings. The van der Waals surface area contributed by atoms with Crippen molar-refractivity contribution in [2.24, 2.45) is 0 Å². The Bertz CT molecular complexity index is 529. The molecule has 0 unspecified atom stereocenters. The van der Waals surface area contributed by atoms with Crippen LogP contribution in [0.2, 0.25) is 0 Å². The zero-order valence-electron chi connectivity index (χ0n) is 11.3. The van der Waals surface area contributed by atoms with Gasteiger partial charge >= 0.3 is 0 Å². The molecule has 0 N–H and O–H groups in total. The maximum absolute atomic E-state index is 6.07. The molecule has 19 heavy (non-hydrogen) atoms. The number of aromatic nitrogens is 1. The summed E-state index contributed by atoms with van der Waals surface area (Å²) in [6.45, 7) is 2.84. The summed E-state index contributed by atoms with van der Waals surface area (Å²) in [4.78, 5) is 4.85. The van der Waals surface area contributed by atoms with Crippen LogP contribution in [-0.4, -0.2) is 11.6 Å². The van der Waals surface area contributed by atoms with Crippen molar-refractivity contribution in [1.29, 1.82) is 0 Å². The van der Waals surface area contributed by atoms with Gasteiger partial charge in [0.2, 0.25) is 0 Å². The Hall–Kier alpha value is -1.19. The maximum atomic E-state index is 6.07. The molecule has 0 atom stereocenters. The number of hydrogen-bond acceptors (Lipinski definition) is 3. The molecule has 3 rings (SSSR count). The van der Waals surface area contributed by atoms with Crippen LogP contribution >= 0.6 is 11.3 Å². The van der Waals surface area contributed by atoms with Gasteiger partial charge in [-0.05, 0) is 19.8 Å². The van der Waals surface area contributed by atoms with Gasteiger partial charge in [0.25, 0.3) is 0 Å². The Morgan fingerprint density at radius 2 is 1.95 bits per heavy atom. The van der Waals surface area contributed by atoms with E-state index in [0.717, 1.165) is 30.2 Å². The molecule has 1 aliphatic carbocycles. The average molecular weight is 273 g/mol. The van der Waals surface area contributed by atoms with Crippen LogP contribution in [-0.2, 0) is 10.3 Å². The summed E-state index contributed by atoms with van der Waals surface area (Å²) in [5, 5.41) is 3.31. The number of ether oxygens (including phenoxy) is 1. The van der Waals surface area contributed by atoms with Crippen LogP contribution in [0.4, 0.5) is 0 Å². The van der Waals surface area contributed by atoms with Gasteiger partial charge in [-0.1, -0.05) is 43.2 Å². The molecule has 3 heteroatoms. The zero-order valence-corrected chi connectivity index (χ0v) is 12.1. The van der Waals surface area contributed by atoms with Gasteiger partial charge in [0.15, 0.2) is 0 Å². The van der Waals surface area contributed by atoms with Crippen LogP contribution in [0.5, 0.6) is 0 Å². The second-order valence-corrected chi connectivity index (χ2v) is 5.90. The molecule has 1 aromatic heterocycles. The first-order chi connectivity index (χ1) is 9.34. The molecule has 0 bridgehead atoms. The van der Waals surface area contributed by atoms with Crippen LogP contribution in [0.15, 0.2) is 35.7 Å². The van der Waals surface area contributed by atoms with Crippen molar-refractivity contribution in [3.8, 4) is 11.3 Å². The number of benzene rings is 1. The van der Waals surface area contributed by atoms with Gasteiger partial charge in [0, 0.05) is 17.6 Å². The first kappa shape index (κ1) is 12.8. The fraction of sp³-hybridized carbons (Fsp3) is 0.438. The predicted octanol–water partition coefficient (Wildman–Crippen LogP) is 4.62. The molecule has 1 aromatic carbocycles. The van der Waals surface area contributed by atoms with Crippen LogP contribution < -0.4 is 0 Å². The summed E-state index contributed by atoms with van der Waals surface area (Å²) in [5.74, 6) is 0. The summed E-state index contributed by atoms with van der Waals surface area (Å²) in [5.41, 5.74) is 2.16. The second kappa shape index (κ2) is 5.43. The topological polar surface area (TPSA) is 22.1 Å². The standard InChI is InChI=1S/C16H19NOS/c1-2-18-16(10-6-7-11-16)15-17-14(12-19-15)13-8-4-3-5-9-13/h3-5,8-9,12H,2,6-7,10-11H2,1H3. The second-order valence-electron chi connectivity index (χ2n) is 5.04. The van der Waals surface area contributed by atoms with E-state index < -0.39 is 0 Å². The molecule has 0 aliphatic heterocycles. The fourth-order valence-corrected chi connectivity index (χ4v) is 3.91. The summed E-state index contributed by atoms with van der Waals surface area (Å²) < 4.78 is 6.07. The highest BCUT2D eigenvalue weighted by molar-refractivity contribution is 7.10. The summed E-state index contributed by atoms with van der Waals surface area (Å²) in [6.07, 6.45) is 4.73. The third kappa shape index (κ3) is 2.45. The molecule has 1 aliphatic rings. The van der Waals surface area contributed by atoms with E-state index in [0.29, 0.717) is 0 Å². The number of rotatable bonds is 4. The molecule has 0 spiro atoms. The Labute approximate surface area is 118 Å². The third-order valence-corrected chi connectivity index (χ3v) is 4.82. The van der Waals surface area contributed by atoms with E-state index in [9.17, 15) is 0 Å². The van der Waals surface area contributed by atoms with Gasteiger partial charge in [0.1, 0.15) is 10.6 Å². The van der Waals surface area contributed by atoms with Gasteiger partial charge in [-0.2, -0.15) is 0 Å². The quantitative estimate of drug-likeness (QED) is 0.811. The Morgan fingerprint density at radius 1 is 1.21 bits per heavy atom. The number of hydrogen-bond donors (Lipinski definition) is 0. The first-order valence-electron chi connectivity index (χ1n) is 6.99. The lowest BCUT2D eigenvalue weighted by atomic mass is 10.0. The van der Waals surface area contributed by atoms with Crippen LogP contribution in [0.25, 0.3) is 11.3 Å². The zero-order chi connectivity index (χ0) is 13.1. The molecule has 0 saturated heterocycles. The fourth-order valence-electron chi connectivity index (χ4n) is 2.87.